The minimum Gasteiger partial charge on any atom is -0.492 e. The first-order chi connectivity index (χ1) is 15.1. The Morgan fingerprint density at radius 3 is 1.75 bits per heavy atom. The third-order valence-corrected chi connectivity index (χ3v) is 6.04. The molecule has 0 aliphatic carbocycles. The molecule has 176 valence electrons. The molecule has 1 aliphatic heterocycles. The Hall–Kier alpha value is -2.50. The Labute approximate surface area is 189 Å². The normalized spacial score (nSPS) is 15.8. The first-order valence-corrected chi connectivity index (χ1v) is 14.0. The fraction of sp³-hybridized carbons (Fsp3) is 0.429. The van der Waals surface area contributed by atoms with Gasteiger partial charge in [-0.2, -0.15) is 0 Å². The Morgan fingerprint density at radius 1 is 0.812 bits per heavy atom. The molecular weight excluding hydrogens is 454 g/mol. The molecule has 2 aromatic carbocycles. The third kappa shape index (κ3) is 8.56. The number of rotatable bonds is 10. The summed E-state index contributed by atoms with van der Waals surface area (Å²) in [6.07, 6.45) is 4.15. The third-order valence-electron chi connectivity index (χ3n) is 4.83. The summed E-state index contributed by atoms with van der Waals surface area (Å²) in [5, 5.41) is 0. The fourth-order valence-corrected chi connectivity index (χ4v) is 4.51. The van der Waals surface area contributed by atoms with Crippen molar-refractivity contribution in [2.45, 2.75) is 18.9 Å². The summed E-state index contributed by atoms with van der Waals surface area (Å²) in [5.41, 5.74) is 1.01. The highest BCUT2D eigenvalue weighted by molar-refractivity contribution is 7.92. The predicted octanol–water partition coefficient (Wildman–Crippen LogP) is 2.35. The minimum absolute atomic E-state index is 0.121. The Kier molecular flexibility index (Phi) is 7.86. The van der Waals surface area contributed by atoms with Gasteiger partial charge in [0.15, 0.2) is 0 Å². The van der Waals surface area contributed by atoms with Crippen molar-refractivity contribution >= 4 is 31.4 Å². The SMILES string of the molecule is CS(=O)(=O)Nc1ccc(OCCN2CCC(Oc3ccc(NS(C)(=O)=O)cc3)CC2)cc1. The van der Waals surface area contributed by atoms with Crippen LogP contribution in [0.4, 0.5) is 11.4 Å². The number of likely N-dealkylation sites (tertiary alicyclic amines) is 1. The van der Waals surface area contributed by atoms with Gasteiger partial charge < -0.3 is 9.47 Å². The topological polar surface area (TPSA) is 114 Å². The van der Waals surface area contributed by atoms with Gasteiger partial charge in [-0.25, -0.2) is 16.8 Å². The van der Waals surface area contributed by atoms with E-state index in [0.717, 1.165) is 50.7 Å². The molecule has 0 spiro atoms. The van der Waals surface area contributed by atoms with Crippen molar-refractivity contribution < 1.29 is 26.3 Å². The van der Waals surface area contributed by atoms with Gasteiger partial charge in [0.2, 0.25) is 20.0 Å². The van der Waals surface area contributed by atoms with Crippen LogP contribution in [0.25, 0.3) is 0 Å². The second-order valence-electron chi connectivity index (χ2n) is 7.80. The summed E-state index contributed by atoms with van der Waals surface area (Å²) < 4.78 is 61.7. The van der Waals surface area contributed by atoms with E-state index in [4.69, 9.17) is 9.47 Å². The number of anilines is 2. The van der Waals surface area contributed by atoms with Crippen LogP contribution in [0.2, 0.25) is 0 Å². The van der Waals surface area contributed by atoms with Gasteiger partial charge in [-0.05, 0) is 61.4 Å². The van der Waals surface area contributed by atoms with E-state index in [1.807, 2.05) is 0 Å². The van der Waals surface area contributed by atoms with Gasteiger partial charge >= 0.3 is 0 Å². The average Bonchev–Trinajstić information content (AvgIpc) is 2.70. The van der Waals surface area contributed by atoms with Crippen molar-refractivity contribution in [2.75, 3.05) is 48.2 Å². The zero-order valence-electron chi connectivity index (χ0n) is 18.2. The molecule has 2 N–H and O–H groups in total. The number of hydrogen-bond donors (Lipinski definition) is 2. The van der Waals surface area contributed by atoms with Gasteiger partial charge in [-0.15, -0.1) is 0 Å². The van der Waals surface area contributed by atoms with Crippen molar-refractivity contribution in [1.29, 1.82) is 0 Å². The summed E-state index contributed by atoms with van der Waals surface area (Å²) in [7, 11) is -6.58. The first kappa shape index (κ1) is 24.1. The highest BCUT2D eigenvalue weighted by Crippen LogP contribution is 2.22. The van der Waals surface area contributed by atoms with Crippen LogP contribution in [0.3, 0.4) is 0 Å². The number of piperidine rings is 1. The highest BCUT2D eigenvalue weighted by atomic mass is 32.2. The molecule has 0 aromatic heterocycles. The van der Waals surface area contributed by atoms with Gasteiger partial charge in [0.25, 0.3) is 0 Å². The minimum atomic E-state index is -3.29. The van der Waals surface area contributed by atoms with Crippen LogP contribution in [0.15, 0.2) is 48.5 Å². The molecule has 9 nitrogen and oxygen atoms in total. The first-order valence-electron chi connectivity index (χ1n) is 10.2. The quantitative estimate of drug-likeness (QED) is 0.533. The zero-order valence-corrected chi connectivity index (χ0v) is 19.8. The highest BCUT2D eigenvalue weighted by Gasteiger charge is 2.20. The van der Waals surface area contributed by atoms with Crippen LogP contribution in [0, 0.1) is 0 Å². The van der Waals surface area contributed by atoms with Crippen molar-refractivity contribution in [3.8, 4) is 11.5 Å². The fourth-order valence-electron chi connectivity index (χ4n) is 3.38. The van der Waals surface area contributed by atoms with E-state index in [1.54, 1.807) is 48.5 Å². The van der Waals surface area contributed by atoms with Gasteiger partial charge in [0.1, 0.15) is 24.2 Å². The van der Waals surface area contributed by atoms with Crippen LogP contribution < -0.4 is 18.9 Å². The van der Waals surface area contributed by atoms with Crippen LogP contribution in [0.5, 0.6) is 11.5 Å². The van der Waals surface area contributed by atoms with Crippen molar-refractivity contribution in [2.24, 2.45) is 0 Å². The number of hydrogen-bond acceptors (Lipinski definition) is 7. The number of ether oxygens (including phenoxy) is 2. The monoisotopic (exact) mass is 483 g/mol. The number of nitrogens with one attached hydrogen (secondary N) is 2. The van der Waals surface area contributed by atoms with E-state index in [9.17, 15) is 16.8 Å². The average molecular weight is 484 g/mol. The van der Waals surface area contributed by atoms with Gasteiger partial charge in [0.05, 0.1) is 12.5 Å². The van der Waals surface area contributed by atoms with E-state index < -0.39 is 20.0 Å². The number of nitrogens with zero attached hydrogens (tertiary/aromatic N) is 1. The van der Waals surface area contributed by atoms with E-state index in [-0.39, 0.29) is 6.10 Å². The Balaban J connectivity index is 1.36. The molecule has 0 amide bonds. The van der Waals surface area contributed by atoms with Crippen LogP contribution in [-0.2, 0) is 20.0 Å². The van der Waals surface area contributed by atoms with Crippen LogP contribution >= 0.6 is 0 Å². The smallest absolute Gasteiger partial charge is 0.229 e. The summed E-state index contributed by atoms with van der Waals surface area (Å²) in [6, 6.07) is 13.7. The molecule has 0 saturated carbocycles. The molecule has 0 atom stereocenters. The van der Waals surface area contributed by atoms with Gasteiger partial charge in [-0.3, -0.25) is 14.3 Å². The molecule has 1 saturated heterocycles. The molecule has 1 heterocycles. The molecular formula is C21H29N3O6S2. The molecule has 1 fully saturated rings. The van der Waals surface area contributed by atoms with E-state index >= 15 is 0 Å². The molecule has 0 radical (unpaired) electrons. The van der Waals surface area contributed by atoms with E-state index in [0.29, 0.717) is 23.7 Å². The summed E-state index contributed by atoms with van der Waals surface area (Å²) in [6.45, 7) is 3.14. The largest absolute Gasteiger partial charge is 0.492 e. The number of sulfonamides is 2. The molecule has 0 bridgehead atoms. The lowest BCUT2D eigenvalue weighted by Gasteiger charge is -2.32. The van der Waals surface area contributed by atoms with Gasteiger partial charge in [-0.1, -0.05) is 0 Å². The van der Waals surface area contributed by atoms with E-state index in [2.05, 4.69) is 14.3 Å². The zero-order chi connectivity index (χ0) is 23.2. The summed E-state index contributed by atoms with van der Waals surface area (Å²) >= 11 is 0. The molecule has 1 aliphatic rings. The molecule has 11 heteroatoms. The summed E-state index contributed by atoms with van der Waals surface area (Å²) in [5.74, 6) is 1.41. The molecule has 32 heavy (non-hydrogen) atoms. The molecule has 2 aromatic rings. The lowest BCUT2D eigenvalue weighted by molar-refractivity contribution is 0.0915. The number of benzene rings is 2. The maximum absolute atomic E-state index is 11.3. The lowest BCUT2D eigenvalue weighted by atomic mass is 10.1. The molecule has 0 unspecified atom stereocenters. The Morgan fingerprint density at radius 2 is 1.28 bits per heavy atom. The molecule has 3 rings (SSSR count). The van der Waals surface area contributed by atoms with Crippen LogP contribution in [0.1, 0.15) is 12.8 Å². The standard InChI is InChI=1S/C21H29N3O6S2/c1-31(25,26)22-17-3-7-19(8-4-17)29-16-15-24-13-11-21(12-14-24)30-20-9-5-18(6-10-20)23-32(2,27)28/h3-10,21-23H,11-16H2,1-2H3. The van der Waals surface area contributed by atoms with Gasteiger partial charge in [0, 0.05) is 31.0 Å². The lowest BCUT2D eigenvalue weighted by Crippen LogP contribution is -2.40. The maximum Gasteiger partial charge on any atom is 0.229 e. The Bertz CT molecular complexity index is 1080. The van der Waals surface area contributed by atoms with Crippen molar-refractivity contribution in [3.63, 3.8) is 0 Å². The maximum atomic E-state index is 11.3. The second-order valence-corrected chi connectivity index (χ2v) is 11.3. The van der Waals surface area contributed by atoms with E-state index in [1.165, 1.54) is 0 Å². The van der Waals surface area contributed by atoms with Crippen molar-refractivity contribution in [3.05, 3.63) is 48.5 Å². The van der Waals surface area contributed by atoms with Crippen LogP contribution in [-0.4, -0.2) is 66.6 Å². The second kappa shape index (κ2) is 10.4. The predicted molar refractivity (Wildman–Crippen MR) is 125 cm³/mol. The summed E-state index contributed by atoms with van der Waals surface area (Å²) in [4.78, 5) is 2.32. The van der Waals surface area contributed by atoms with Crippen molar-refractivity contribution in [1.82, 2.24) is 4.90 Å².